The zero-order chi connectivity index (χ0) is 26.7. The van der Waals surface area contributed by atoms with Crippen LogP contribution in [-0.4, -0.2) is 87.6 Å². The fourth-order valence-electron chi connectivity index (χ4n) is 4.24. The van der Waals surface area contributed by atoms with Gasteiger partial charge in [0.15, 0.2) is 35.4 Å². The third kappa shape index (κ3) is 5.97. The molecule has 202 valence electrons. The Morgan fingerprint density at radius 2 is 1.89 bits per heavy atom. The van der Waals surface area contributed by atoms with Crippen molar-refractivity contribution >= 4 is 34.9 Å². The summed E-state index contributed by atoms with van der Waals surface area (Å²) in [6.07, 6.45) is -0.391. The van der Waals surface area contributed by atoms with Crippen molar-refractivity contribution in [2.45, 2.75) is 70.7 Å². The summed E-state index contributed by atoms with van der Waals surface area (Å²) in [4.78, 5) is 49.4. The largest absolute Gasteiger partial charge is 0.462 e. The fourth-order valence-corrected chi connectivity index (χ4v) is 4.24. The average Bonchev–Trinajstić information content (AvgIpc) is 3.57. The highest BCUT2D eigenvalue weighted by molar-refractivity contribution is 5.83. The van der Waals surface area contributed by atoms with Gasteiger partial charge in [0.2, 0.25) is 0 Å². The van der Waals surface area contributed by atoms with Gasteiger partial charge < -0.3 is 34.7 Å². The Morgan fingerprint density at radius 1 is 1.16 bits per heavy atom. The number of aromatic nitrogens is 4. The zero-order valence-electron chi connectivity index (χ0n) is 21.2. The van der Waals surface area contributed by atoms with E-state index in [4.69, 9.17) is 29.4 Å². The van der Waals surface area contributed by atoms with Crippen LogP contribution in [0.4, 0.5) is 5.82 Å². The van der Waals surface area contributed by atoms with Crippen LogP contribution in [0.15, 0.2) is 12.7 Å². The third-order valence-electron chi connectivity index (χ3n) is 6.17. The first-order chi connectivity index (χ1) is 17.7. The molecule has 14 heteroatoms. The normalized spacial score (nSPS) is 26.3. The minimum atomic E-state index is -1.07. The number of nitrogens with one attached hydrogen (secondary N) is 1. The van der Waals surface area contributed by atoms with Crippen LogP contribution in [0.5, 0.6) is 0 Å². The van der Waals surface area contributed by atoms with E-state index in [0.29, 0.717) is 30.2 Å². The standard InChI is InChI=1S/C23H32N6O8/c1-11(2)16(24)23(32)34-8-15-18(35-12(3)30)19(36-13(4)31)22(37-15)29-10-27-17-20(25-9-26-21(17)29)28-14-5-6-33-7-14/h9-11,14-16,18-19,22H,5-8,24H2,1-4H3,(H,25,26,28)/t14-,15-,16+,18-,19-,22?/m1/s1. The van der Waals surface area contributed by atoms with E-state index in [2.05, 4.69) is 20.3 Å². The number of nitrogens with zero attached hydrogens (tertiary/aromatic N) is 4. The van der Waals surface area contributed by atoms with Gasteiger partial charge in [0.05, 0.1) is 19.0 Å². The maximum atomic E-state index is 12.3. The van der Waals surface area contributed by atoms with Crippen molar-refractivity contribution in [2.75, 3.05) is 25.1 Å². The van der Waals surface area contributed by atoms with E-state index in [-0.39, 0.29) is 18.6 Å². The molecule has 0 bridgehead atoms. The summed E-state index contributed by atoms with van der Waals surface area (Å²) in [5.41, 5.74) is 6.76. The van der Waals surface area contributed by atoms with E-state index in [9.17, 15) is 14.4 Å². The Bertz CT molecular complexity index is 1130. The van der Waals surface area contributed by atoms with Crippen LogP contribution in [-0.2, 0) is 38.1 Å². The molecule has 2 fully saturated rings. The van der Waals surface area contributed by atoms with Crippen molar-refractivity contribution < 1.29 is 38.1 Å². The Labute approximate surface area is 213 Å². The lowest BCUT2D eigenvalue weighted by atomic mass is 10.1. The van der Waals surface area contributed by atoms with Gasteiger partial charge in [-0.3, -0.25) is 19.0 Å². The van der Waals surface area contributed by atoms with Gasteiger partial charge in [-0.2, -0.15) is 0 Å². The van der Waals surface area contributed by atoms with Crippen LogP contribution in [0.1, 0.15) is 40.3 Å². The highest BCUT2D eigenvalue weighted by Gasteiger charge is 2.51. The van der Waals surface area contributed by atoms with Gasteiger partial charge in [0.25, 0.3) is 0 Å². The second kappa shape index (κ2) is 11.4. The number of ether oxygens (including phenoxy) is 5. The van der Waals surface area contributed by atoms with Gasteiger partial charge in [-0.05, 0) is 12.3 Å². The molecule has 2 aromatic heterocycles. The molecule has 0 amide bonds. The second-order valence-electron chi connectivity index (χ2n) is 9.36. The third-order valence-corrected chi connectivity index (χ3v) is 6.17. The highest BCUT2D eigenvalue weighted by atomic mass is 16.7. The Kier molecular flexibility index (Phi) is 8.19. The summed E-state index contributed by atoms with van der Waals surface area (Å²) >= 11 is 0. The Hall–Kier alpha value is -3.36. The molecule has 0 aliphatic carbocycles. The Morgan fingerprint density at radius 3 is 2.54 bits per heavy atom. The van der Waals surface area contributed by atoms with Gasteiger partial charge in [-0.25, -0.2) is 15.0 Å². The summed E-state index contributed by atoms with van der Waals surface area (Å²) < 4.78 is 29.5. The first kappa shape index (κ1) is 26.7. The highest BCUT2D eigenvalue weighted by Crippen LogP contribution is 2.36. The Balaban J connectivity index is 1.63. The van der Waals surface area contributed by atoms with E-state index in [1.54, 1.807) is 18.4 Å². The molecule has 4 rings (SSSR count). The number of anilines is 1. The summed E-state index contributed by atoms with van der Waals surface area (Å²) in [6, 6.07) is -0.747. The zero-order valence-corrected chi connectivity index (χ0v) is 21.2. The lowest BCUT2D eigenvalue weighted by Gasteiger charge is -2.24. The van der Waals surface area contributed by atoms with E-state index in [1.807, 2.05) is 0 Å². The number of carbonyl (C=O) groups excluding carboxylic acids is 3. The molecule has 3 N–H and O–H groups in total. The van der Waals surface area contributed by atoms with Crippen molar-refractivity contribution in [3.05, 3.63) is 12.7 Å². The minimum Gasteiger partial charge on any atom is -0.462 e. The van der Waals surface area contributed by atoms with Crippen LogP contribution < -0.4 is 11.1 Å². The van der Waals surface area contributed by atoms with E-state index in [0.717, 1.165) is 6.42 Å². The predicted octanol–water partition coefficient (Wildman–Crippen LogP) is 0.314. The molecular weight excluding hydrogens is 488 g/mol. The summed E-state index contributed by atoms with van der Waals surface area (Å²) in [5, 5.41) is 3.31. The molecule has 4 heterocycles. The van der Waals surface area contributed by atoms with Crippen LogP contribution in [0.2, 0.25) is 0 Å². The molecule has 14 nitrogen and oxygen atoms in total. The van der Waals surface area contributed by atoms with Crippen molar-refractivity contribution in [3.63, 3.8) is 0 Å². The summed E-state index contributed by atoms with van der Waals surface area (Å²) in [6.45, 7) is 6.98. The number of carbonyl (C=O) groups is 3. The molecule has 2 aromatic rings. The number of esters is 3. The molecular formula is C23H32N6O8. The number of imidazole rings is 1. The van der Waals surface area contributed by atoms with Crippen molar-refractivity contribution in [3.8, 4) is 0 Å². The van der Waals surface area contributed by atoms with Gasteiger partial charge >= 0.3 is 17.9 Å². The molecule has 2 aliphatic rings. The first-order valence-electron chi connectivity index (χ1n) is 12.1. The van der Waals surface area contributed by atoms with Crippen molar-refractivity contribution in [2.24, 2.45) is 11.7 Å². The van der Waals surface area contributed by atoms with Gasteiger partial charge in [-0.1, -0.05) is 13.8 Å². The van der Waals surface area contributed by atoms with Crippen LogP contribution >= 0.6 is 0 Å². The number of hydrogen-bond acceptors (Lipinski definition) is 13. The van der Waals surface area contributed by atoms with E-state index >= 15 is 0 Å². The topological polar surface area (TPSA) is 179 Å². The monoisotopic (exact) mass is 520 g/mol. The summed E-state index contributed by atoms with van der Waals surface area (Å²) in [5.74, 6) is -1.48. The quantitative estimate of drug-likeness (QED) is 0.341. The molecule has 0 saturated carbocycles. The number of fused-ring (bicyclic) bond motifs is 1. The lowest BCUT2D eigenvalue weighted by molar-refractivity contribution is -0.166. The molecule has 0 spiro atoms. The SMILES string of the molecule is CC(=O)O[C@@H]1[C@@H](COC(=O)[C@@H](N)C(C)C)OC(n2cnc3c(N[C@@H]4CCOC4)ncnc32)[C@@H]1OC(C)=O. The van der Waals surface area contributed by atoms with Crippen LogP contribution in [0.25, 0.3) is 11.2 Å². The predicted molar refractivity (Wildman–Crippen MR) is 127 cm³/mol. The maximum Gasteiger partial charge on any atom is 0.323 e. The maximum absolute atomic E-state index is 12.3. The van der Waals surface area contributed by atoms with E-state index in [1.165, 1.54) is 26.5 Å². The minimum absolute atomic E-state index is 0.0874. The second-order valence-corrected chi connectivity index (χ2v) is 9.36. The van der Waals surface area contributed by atoms with Crippen molar-refractivity contribution in [1.82, 2.24) is 19.5 Å². The van der Waals surface area contributed by atoms with Crippen LogP contribution in [0.3, 0.4) is 0 Å². The first-order valence-corrected chi connectivity index (χ1v) is 12.1. The van der Waals surface area contributed by atoms with Gasteiger partial charge in [0.1, 0.15) is 25.1 Å². The number of nitrogens with two attached hydrogens (primary N) is 1. The number of rotatable bonds is 9. The molecule has 2 aliphatic heterocycles. The van der Waals surface area contributed by atoms with Crippen LogP contribution in [0, 0.1) is 5.92 Å². The van der Waals surface area contributed by atoms with Gasteiger partial charge in [-0.15, -0.1) is 0 Å². The molecule has 1 unspecified atom stereocenters. The average molecular weight is 521 g/mol. The fraction of sp³-hybridized carbons (Fsp3) is 0.652. The summed E-state index contributed by atoms with van der Waals surface area (Å²) in [7, 11) is 0. The molecule has 2 saturated heterocycles. The molecule has 6 atom stereocenters. The molecule has 37 heavy (non-hydrogen) atoms. The van der Waals surface area contributed by atoms with Gasteiger partial charge in [0, 0.05) is 20.5 Å². The molecule has 0 radical (unpaired) electrons. The van der Waals surface area contributed by atoms with Crippen molar-refractivity contribution in [1.29, 1.82) is 0 Å². The smallest absolute Gasteiger partial charge is 0.323 e. The lowest BCUT2D eigenvalue weighted by Crippen LogP contribution is -2.42. The molecule has 0 aromatic carbocycles. The van der Waals surface area contributed by atoms with E-state index < -0.39 is 48.5 Å². The number of hydrogen-bond donors (Lipinski definition) is 2.